The predicted molar refractivity (Wildman–Crippen MR) is 137 cm³/mol. The highest BCUT2D eigenvalue weighted by molar-refractivity contribution is 8.02. The maximum absolute atomic E-state index is 11.1. The van der Waals surface area contributed by atoms with Crippen molar-refractivity contribution in [1.82, 2.24) is 5.01 Å². The fourth-order valence-electron chi connectivity index (χ4n) is 3.14. The fraction of sp³-hybridized carbons (Fsp3) is 0.167. The number of nitrogens with two attached hydrogens (primary N) is 1. The highest BCUT2D eigenvalue weighted by Gasteiger charge is 2.18. The lowest BCUT2D eigenvalue weighted by atomic mass is 10.0. The van der Waals surface area contributed by atoms with E-state index in [1.807, 2.05) is 34.7 Å². The molecule has 2 aliphatic rings. The lowest BCUT2D eigenvalue weighted by Gasteiger charge is -2.11. The molecule has 166 valence electrons. The number of rotatable bonds is 4. The first kappa shape index (κ1) is 24.8. The fourth-order valence-corrected chi connectivity index (χ4v) is 4.73. The Hall–Kier alpha value is -1.86. The maximum atomic E-state index is 11.1. The van der Waals surface area contributed by atoms with Gasteiger partial charge in [-0.15, -0.1) is 0 Å². The summed E-state index contributed by atoms with van der Waals surface area (Å²) in [7, 11) is 0. The van der Waals surface area contributed by atoms with Crippen LogP contribution < -0.4 is 5.84 Å². The highest BCUT2D eigenvalue weighted by Crippen LogP contribution is 2.35. The van der Waals surface area contributed by atoms with Gasteiger partial charge in [0.1, 0.15) is 6.29 Å². The number of fused-ring (bicyclic) bond motifs is 1. The zero-order chi connectivity index (χ0) is 23.1. The molecule has 0 amide bonds. The van der Waals surface area contributed by atoms with E-state index in [2.05, 4.69) is 6.58 Å². The molecule has 0 saturated carbocycles. The summed E-state index contributed by atoms with van der Waals surface area (Å²) in [5.74, 6) is 5.37. The number of benzene rings is 2. The third kappa shape index (κ3) is 6.58. The van der Waals surface area contributed by atoms with Crippen molar-refractivity contribution in [1.29, 1.82) is 0 Å². The first-order chi connectivity index (χ1) is 15.4. The zero-order valence-electron chi connectivity index (χ0n) is 17.2. The van der Waals surface area contributed by atoms with Crippen molar-refractivity contribution in [2.75, 3.05) is 13.1 Å². The first-order valence-electron chi connectivity index (χ1n) is 9.91. The summed E-state index contributed by atoms with van der Waals surface area (Å²) in [6, 6.07) is 10.9. The van der Waals surface area contributed by atoms with E-state index >= 15 is 0 Å². The minimum Gasteiger partial charge on any atom is -0.298 e. The van der Waals surface area contributed by atoms with Crippen LogP contribution in [0, 0.1) is 0 Å². The number of hydrogen-bond donors (Lipinski definition) is 1. The normalized spacial score (nSPS) is 16.2. The summed E-state index contributed by atoms with van der Waals surface area (Å²) >= 11 is 20.1. The van der Waals surface area contributed by atoms with Crippen LogP contribution in [-0.2, 0) is 4.79 Å². The van der Waals surface area contributed by atoms with Crippen molar-refractivity contribution in [2.45, 2.75) is 17.7 Å². The summed E-state index contributed by atoms with van der Waals surface area (Å²) in [6.07, 6.45) is 6.47. The molecule has 0 unspecified atom stereocenters. The van der Waals surface area contributed by atoms with Crippen molar-refractivity contribution in [3.8, 4) is 0 Å². The van der Waals surface area contributed by atoms with Crippen molar-refractivity contribution in [3.05, 3.63) is 98.0 Å². The molecule has 0 radical (unpaired) electrons. The van der Waals surface area contributed by atoms with Crippen molar-refractivity contribution >= 4 is 58.6 Å². The third-order valence-electron chi connectivity index (χ3n) is 4.76. The van der Waals surface area contributed by atoms with Crippen molar-refractivity contribution < 1.29 is 4.79 Å². The van der Waals surface area contributed by atoms with Crippen LogP contribution >= 0.6 is 46.6 Å². The van der Waals surface area contributed by atoms with Gasteiger partial charge in [-0.25, -0.2) is 10.0 Å². The molecule has 2 aliphatic heterocycles. The lowest BCUT2D eigenvalue weighted by Crippen LogP contribution is -2.26. The second-order valence-corrected chi connectivity index (χ2v) is 9.29. The topological polar surface area (TPSA) is 58.7 Å². The number of hydrogen-bond acceptors (Lipinski definition) is 5. The predicted octanol–water partition coefficient (Wildman–Crippen LogP) is 6.70. The summed E-state index contributed by atoms with van der Waals surface area (Å²) in [6.45, 7) is 5.83. The highest BCUT2D eigenvalue weighted by atomic mass is 35.5. The van der Waals surface area contributed by atoms with E-state index in [0.717, 1.165) is 35.4 Å². The molecule has 2 heterocycles. The number of hydrazine groups is 1. The number of thioether (sulfide) groups is 1. The monoisotopic (exact) mass is 505 g/mol. The van der Waals surface area contributed by atoms with E-state index < -0.39 is 0 Å². The zero-order valence-corrected chi connectivity index (χ0v) is 20.3. The average Bonchev–Trinajstić information content (AvgIpc) is 3.18. The number of allylic oxidation sites excluding steroid dienone is 3. The average molecular weight is 507 g/mol. The largest absolute Gasteiger partial charge is 0.298 e. The van der Waals surface area contributed by atoms with Crippen LogP contribution in [0.5, 0.6) is 0 Å². The molecular formula is C24H22Cl3N3OS. The second-order valence-electron chi connectivity index (χ2n) is 7.10. The minimum atomic E-state index is 0.436. The van der Waals surface area contributed by atoms with Crippen LogP contribution in [0.15, 0.2) is 81.7 Å². The van der Waals surface area contributed by atoms with Crippen LogP contribution in [0.1, 0.15) is 24.0 Å². The van der Waals surface area contributed by atoms with E-state index in [-0.39, 0.29) is 0 Å². The molecule has 0 aliphatic carbocycles. The molecule has 2 aromatic carbocycles. The molecule has 0 spiro atoms. The van der Waals surface area contributed by atoms with E-state index in [9.17, 15) is 4.79 Å². The van der Waals surface area contributed by atoms with Gasteiger partial charge in [0.05, 0.1) is 16.4 Å². The van der Waals surface area contributed by atoms with Gasteiger partial charge in [0.25, 0.3) is 0 Å². The van der Waals surface area contributed by atoms with Crippen molar-refractivity contribution in [2.24, 2.45) is 10.8 Å². The number of nitrogens with zero attached hydrogens (tertiary/aromatic N) is 2. The molecule has 32 heavy (non-hydrogen) atoms. The van der Waals surface area contributed by atoms with Gasteiger partial charge < -0.3 is 0 Å². The summed E-state index contributed by atoms with van der Waals surface area (Å²) in [5, 5.41) is 5.39. The van der Waals surface area contributed by atoms with Crippen LogP contribution in [0.2, 0.25) is 15.1 Å². The molecule has 4 rings (SSSR count). The third-order valence-corrected chi connectivity index (χ3v) is 6.49. The molecular weight excluding hydrogens is 485 g/mol. The van der Waals surface area contributed by atoms with Gasteiger partial charge in [-0.1, -0.05) is 65.3 Å². The Bertz CT molecular complexity index is 1100. The van der Waals surface area contributed by atoms with Crippen LogP contribution in [0.4, 0.5) is 0 Å². The Morgan fingerprint density at radius 1 is 1.06 bits per heavy atom. The molecule has 2 aromatic rings. The smallest absolute Gasteiger partial charge is 0.150 e. The number of carbonyl (C=O) groups is 1. The Balaban J connectivity index is 0.000000416. The van der Waals surface area contributed by atoms with Gasteiger partial charge in [0.15, 0.2) is 0 Å². The molecule has 0 bridgehead atoms. The van der Waals surface area contributed by atoms with Gasteiger partial charge in [0, 0.05) is 50.1 Å². The van der Waals surface area contributed by atoms with E-state index in [1.165, 1.54) is 30.7 Å². The van der Waals surface area contributed by atoms with Gasteiger partial charge in [-0.3, -0.25) is 10.6 Å². The lowest BCUT2D eigenvalue weighted by molar-refractivity contribution is -0.104. The molecule has 0 aromatic heterocycles. The van der Waals surface area contributed by atoms with Crippen LogP contribution in [0.25, 0.3) is 0 Å². The molecule has 8 heteroatoms. The number of carbonyl (C=O) groups excluding carboxylic acids is 1. The number of aldehydes is 1. The van der Waals surface area contributed by atoms with E-state index in [0.29, 0.717) is 32.0 Å². The van der Waals surface area contributed by atoms with Crippen molar-refractivity contribution in [3.63, 3.8) is 0 Å². The molecule has 1 saturated heterocycles. The quantitative estimate of drug-likeness (QED) is 0.217. The van der Waals surface area contributed by atoms with Gasteiger partial charge in [-0.05, 0) is 49.2 Å². The molecule has 2 N–H and O–H groups in total. The van der Waals surface area contributed by atoms with Gasteiger partial charge >= 0.3 is 0 Å². The SMILES string of the molecule is C=C/C(C=O)=C\C1=CSc2cc(Cl)ccc2C(c2ccc(Cl)cc2Cl)=N1.NN1CCCC1. The number of halogens is 3. The summed E-state index contributed by atoms with van der Waals surface area (Å²) in [5.41, 5.74) is 3.37. The van der Waals surface area contributed by atoms with Crippen LogP contribution in [0.3, 0.4) is 0 Å². The molecule has 4 nitrogen and oxygen atoms in total. The second kappa shape index (κ2) is 11.8. The summed E-state index contributed by atoms with van der Waals surface area (Å²) < 4.78 is 0. The first-order valence-corrected chi connectivity index (χ1v) is 11.9. The van der Waals surface area contributed by atoms with Crippen LogP contribution in [-0.4, -0.2) is 30.1 Å². The Kier molecular flexibility index (Phi) is 9.17. The molecule has 1 fully saturated rings. The van der Waals surface area contributed by atoms with Gasteiger partial charge in [-0.2, -0.15) is 0 Å². The Morgan fingerprint density at radius 3 is 2.28 bits per heavy atom. The Morgan fingerprint density at radius 2 is 1.72 bits per heavy atom. The van der Waals surface area contributed by atoms with E-state index in [4.69, 9.17) is 45.6 Å². The number of aliphatic imine (C=N–C) groups is 1. The Labute approximate surface area is 207 Å². The van der Waals surface area contributed by atoms with E-state index in [1.54, 1.807) is 18.2 Å². The maximum Gasteiger partial charge on any atom is 0.150 e. The molecule has 0 atom stereocenters. The summed E-state index contributed by atoms with van der Waals surface area (Å²) in [4.78, 5) is 16.8. The van der Waals surface area contributed by atoms with Gasteiger partial charge in [0.2, 0.25) is 0 Å². The minimum absolute atomic E-state index is 0.436. The standard InChI is InChI=1S/C20H12Cl3NOS.C4H10N2/c1-2-12(10-25)7-15-11-26-19-9-14(22)4-6-17(19)20(24-15)16-5-3-13(21)8-18(16)23;5-6-3-1-2-4-6/h2-11H,1H2;1-5H2/b12-7+;.